The highest BCUT2D eigenvalue weighted by Crippen LogP contribution is 2.30. The van der Waals surface area contributed by atoms with Gasteiger partial charge in [-0.1, -0.05) is 11.3 Å². The molecule has 0 aliphatic carbocycles. The number of rotatable bonds is 1. The van der Waals surface area contributed by atoms with E-state index in [0.717, 1.165) is 11.3 Å². The van der Waals surface area contributed by atoms with E-state index >= 15 is 0 Å². The van der Waals surface area contributed by atoms with E-state index in [-0.39, 0.29) is 15.3 Å². The Hall–Kier alpha value is -1.34. The molecule has 1 aromatic heterocycles. The van der Waals surface area contributed by atoms with Crippen molar-refractivity contribution < 1.29 is 13.2 Å². The van der Waals surface area contributed by atoms with E-state index in [2.05, 4.69) is 10.4 Å². The maximum atomic E-state index is 13.1. The van der Waals surface area contributed by atoms with Crippen molar-refractivity contribution in [3.05, 3.63) is 23.5 Å². The van der Waals surface area contributed by atoms with Gasteiger partial charge in [0.05, 0.1) is 4.70 Å². The second-order valence-electron chi connectivity index (χ2n) is 2.50. The van der Waals surface area contributed by atoms with Crippen LogP contribution in [0.5, 0.6) is 0 Å². The Morgan fingerprint density at radius 1 is 1.29 bits per heavy atom. The molecule has 3 nitrogen and oxygen atoms in total. The summed E-state index contributed by atoms with van der Waals surface area (Å²) in [6.45, 7) is 0. The molecule has 0 spiro atoms. The minimum atomic E-state index is -1.26. The number of anilines is 1. The van der Waals surface area contributed by atoms with Crippen LogP contribution >= 0.6 is 11.3 Å². The smallest absolute Gasteiger partial charge is 0.198 e. The molecule has 1 heterocycles. The van der Waals surface area contributed by atoms with Crippen LogP contribution in [0.2, 0.25) is 0 Å². The van der Waals surface area contributed by atoms with Crippen LogP contribution in [-0.2, 0) is 0 Å². The monoisotopic (exact) mass is 219 g/mol. The zero-order chi connectivity index (χ0) is 10.3. The van der Waals surface area contributed by atoms with Gasteiger partial charge in [0.1, 0.15) is 11.3 Å². The highest BCUT2D eigenvalue weighted by molar-refractivity contribution is 7.22. The van der Waals surface area contributed by atoms with Crippen molar-refractivity contribution in [3.63, 3.8) is 0 Å². The normalized spacial score (nSPS) is 10.9. The first kappa shape index (κ1) is 9.22. The number of nitrogens with one attached hydrogen (secondary N) is 1. The Balaban J connectivity index is 2.84. The van der Waals surface area contributed by atoms with E-state index in [1.165, 1.54) is 0 Å². The van der Waals surface area contributed by atoms with Gasteiger partial charge >= 0.3 is 0 Å². The van der Waals surface area contributed by atoms with Crippen molar-refractivity contribution >= 4 is 26.7 Å². The van der Waals surface area contributed by atoms with Gasteiger partial charge < -0.3 is 0 Å². The molecule has 3 N–H and O–H groups in total. The minimum absolute atomic E-state index is 0.0585. The third-order valence-corrected chi connectivity index (χ3v) is 2.63. The number of aromatic nitrogens is 1. The van der Waals surface area contributed by atoms with Gasteiger partial charge in [-0.15, -0.1) is 0 Å². The molecule has 0 unspecified atom stereocenters. The Kier molecular flexibility index (Phi) is 2.05. The van der Waals surface area contributed by atoms with Crippen LogP contribution in [-0.4, -0.2) is 4.98 Å². The Morgan fingerprint density at radius 2 is 2.00 bits per heavy atom. The number of thiazole rings is 1. The summed E-state index contributed by atoms with van der Waals surface area (Å²) in [5, 5.41) is 0.128. The van der Waals surface area contributed by atoms with Crippen molar-refractivity contribution in [2.75, 3.05) is 5.43 Å². The van der Waals surface area contributed by atoms with E-state index in [0.29, 0.717) is 6.07 Å². The van der Waals surface area contributed by atoms with Crippen LogP contribution in [0.3, 0.4) is 0 Å². The topological polar surface area (TPSA) is 50.9 Å². The summed E-state index contributed by atoms with van der Waals surface area (Å²) >= 11 is 0.818. The van der Waals surface area contributed by atoms with Gasteiger partial charge in [-0.3, -0.25) is 5.43 Å². The van der Waals surface area contributed by atoms with Crippen molar-refractivity contribution in [2.24, 2.45) is 5.84 Å². The third-order valence-electron chi connectivity index (χ3n) is 1.64. The molecule has 74 valence electrons. The first-order valence-corrected chi connectivity index (χ1v) is 4.35. The third kappa shape index (κ3) is 1.21. The highest BCUT2D eigenvalue weighted by Gasteiger charge is 2.16. The number of hydrazine groups is 1. The number of nitrogens with zero attached hydrogens (tertiary/aromatic N) is 1. The quantitative estimate of drug-likeness (QED) is 0.438. The highest BCUT2D eigenvalue weighted by atomic mass is 32.1. The largest absolute Gasteiger partial charge is 0.300 e. The maximum absolute atomic E-state index is 13.1. The summed E-state index contributed by atoms with van der Waals surface area (Å²) in [4.78, 5) is 3.58. The lowest BCUT2D eigenvalue weighted by Gasteiger charge is -1.93. The number of nitrogens with two attached hydrogens (primary N) is 1. The molecule has 2 rings (SSSR count). The summed E-state index contributed by atoms with van der Waals surface area (Å²) in [7, 11) is 0. The molecule has 1 aromatic carbocycles. The average Bonchev–Trinajstić information content (AvgIpc) is 2.58. The Labute approximate surface area is 80.3 Å². The number of hydrogen-bond donors (Lipinski definition) is 2. The van der Waals surface area contributed by atoms with Crippen LogP contribution in [0.15, 0.2) is 6.07 Å². The van der Waals surface area contributed by atoms with Crippen molar-refractivity contribution in [2.45, 2.75) is 0 Å². The summed E-state index contributed by atoms with van der Waals surface area (Å²) in [6.07, 6.45) is 0. The summed E-state index contributed by atoms with van der Waals surface area (Å²) < 4.78 is 38.8. The van der Waals surface area contributed by atoms with E-state index < -0.39 is 17.5 Å². The van der Waals surface area contributed by atoms with Gasteiger partial charge in [0, 0.05) is 6.07 Å². The number of benzene rings is 1. The maximum Gasteiger partial charge on any atom is 0.198 e. The number of hydrogen-bond acceptors (Lipinski definition) is 4. The van der Waals surface area contributed by atoms with Crippen LogP contribution in [0.4, 0.5) is 18.3 Å². The van der Waals surface area contributed by atoms with Crippen LogP contribution < -0.4 is 11.3 Å². The molecule has 2 aromatic rings. The molecule has 7 heteroatoms. The van der Waals surface area contributed by atoms with Crippen molar-refractivity contribution in [1.29, 1.82) is 0 Å². The fourth-order valence-corrected chi connectivity index (χ4v) is 1.82. The molecule has 0 atom stereocenters. The van der Waals surface area contributed by atoms with Gasteiger partial charge in [-0.2, -0.15) is 0 Å². The molecule has 0 aliphatic heterocycles. The first-order chi connectivity index (χ1) is 6.63. The summed E-state index contributed by atoms with van der Waals surface area (Å²) in [5.41, 5.74) is 1.80. The number of fused-ring (bicyclic) bond motifs is 1. The lowest BCUT2D eigenvalue weighted by Crippen LogP contribution is -2.05. The van der Waals surface area contributed by atoms with E-state index in [4.69, 9.17) is 5.84 Å². The fourth-order valence-electron chi connectivity index (χ4n) is 1.05. The summed E-state index contributed by atoms with van der Waals surface area (Å²) in [6, 6.07) is 0.482. The van der Waals surface area contributed by atoms with E-state index in [1.54, 1.807) is 0 Å². The summed E-state index contributed by atoms with van der Waals surface area (Å²) in [5.74, 6) is 1.73. The molecular weight excluding hydrogens is 215 g/mol. The van der Waals surface area contributed by atoms with Crippen LogP contribution in [0.25, 0.3) is 10.2 Å². The fraction of sp³-hybridized carbons (Fsp3) is 0. The second kappa shape index (κ2) is 3.10. The predicted molar refractivity (Wildman–Crippen MR) is 47.3 cm³/mol. The number of halogens is 3. The second-order valence-corrected chi connectivity index (χ2v) is 3.49. The van der Waals surface area contributed by atoms with Crippen molar-refractivity contribution in [3.8, 4) is 0 Å². The minimum Gasteiger partial charge on any atom is -0.300 e. The molecule has 0 aliphatic rings. The average molecular weight is 219 g/mol. The molecular formula is C7H4F3N3S. The molecule has 14 heavy (non-hydrogen) atoms. The zero-order valence-corrected chi connectivity index (χ0v) is 7.46. The lowest BCUT2D eigenvalue weighted by molar-refractivity contribution is 0.505. The molecule has 0 fully saturated rings. The zero-order valence-electron chi connectivity index (χ0n) is 6.64. The predicted octanol–water partition coefficient (Wildman–Crippen LogP) is 2.00. The van der Waals surface area contributed by atoms with Gasteiger partial charge in [-0.05, 0) is 0 Å². The lowest BCUT2D eigenvalue weighted by atomic mass is 10.3. The molecule has 0 saturated carbocycles. The van der Waals surface area contributed by atoms with Crippen LogP contribution in [0.1, 0.15) is 0 Å². The molecule has 0 saturated heterocycles. The van der Waals surface area contributed by atoms with Gasteiger partial charge in [0.25, 0.3) is 0 Å². The van der Waals surface area contributed by atoms with E-state index in [9.17, 15) is 13.2 Å². The molecule has 0 bridgehead atoms. The molecule has 0 amide bonds. The van der Waals surface area contributed by atoms with Crippen molar-refractivity contribution in [1.82, 2.24) is 4.98 Å². The van der Waals surface area contributed by atoms with Gasteiger partial charge in [0.15, 0.2) is 16.8 Å². The van der Waals surface area contributed by atoms with Gasteiger partial charge in [0.2, 0.25) is 0 Å². The number of nitrogen functional groups attached to an aromatic ring is 1. The Bertz CT molecular complexity index is 496. The first-order valence-electron chi connectivity index (χ1n) is 3.54. The molecule has 0 radical (unpaired) electrons. The van der Waals surface area contributed by atoms with Crippen LogP contribution in [0, 0.1) is 17.5 Å². The van der Waals surface area contributed by atoms with E-state index in [1.807, 2.05) is 0 Å². The Morgan fingerprint density at radius 3 is 2.64 bits per heavy atom. The standard InChI is InChI=1S/C7H4F3N3S/c8-2-1-3(9)6-5(4(2)10)12-7(13-11)14-6/h1H,11H2,(H,12,13). The SMILES string of the molecule is NNc1nc2c(F)c(F)cc(F)c2s1. The van der Waals surface area contributed by atoms with Gasteiger partial charge in [-0.25, -0.2) is 24.0 Å².